The summed E-state index contributed by atoms with van der Waals surface area (Å²) in [4.78, 5) is 38.1. The number of nitrogens with one attached hydrogen (secondary N) is 1. The average Bonchev–Trinajstić information content (AvgIpc) is 2.98. The van der Waals surface area contributed by atoms with E-state index in [1.807, 2.05) is 48.5 Å². The highest BCUT2D eigenvalue weighted by Gasteiger charge is 2.21. The molecule has 1 N–H and O–H groups in total. The second-order valence-electron chi connectivity index (χ2n) is 9.03. The fourth-order valence-corrected chi connectivity index (χ4v) is 3.92. The number of nitrogens with zero attached hydrogens (tertiary/aromatic N) is 1. The molecule has 0 aromatic heterocycles. The summed E-state index contributed by atoms with van der Waals surface area (Å²) in [6, 6.07) is 15.4. The van der Waals surface area contributed by atoms with Crippen LogP contribution in [0, 0.1) is 11.8 Å². The smallest absolute Gasteiger partial charge is 0.307 e. The minimum absolute atomic E-state index is 0.0836. The van der Waals surface area contributed by atoms with Gasteiger partial charge >= 0.3 is 5.97 Å². The van der Waals surface area contributed by atoms with E-state index in [1.54, 1.807) is 4.90 Å². The molecule has 3 rings (SSSR count). The molecule has 10 nitrogen and oxygen atoms in total. The Bertz CT molecular complexity index is 1190. The average molecular weight is 567 g/mol. The zero-order valence-corrected chi connectivity index (χ0v) is 23.5. The van der Waals surface area contributed by atoms with Gasteiger partial charge in [-0.2, -0.15) is 0 Å². The monoisotopic (exact) mass is 566 g/mol. The first kappa shape index (κ1) is 31.8. The highest BCUT2D eigenvalue weighted by atomic mass is 16.6. The summed E-state index contributed by atoms with van der Waals surface area (Å²) < 4.78 is 26.0. The van der Waals surface area contributed by atoms with E-state index in [0.29, 0.717) is 52.8 Å². The molecular weight excluding hydrogens is 528 g/mol. The lowest BCUT2D eigenvalue weighted by Gasteiger charge is -2.26. The van der Waals surface area contributed by atoms with E-state index in [9.17, 15) is 14.4 Å². The summed E-state index contributed by atoms with van der Waals surface area (Å²) >= 11 is 0. The van der Waals surface area contributed by atoms with Crippen molar-refractivity contribution < 1.29 is 38.1 Å². The maximum atomic E-state index is 13.2. The van der Waals surface area contributed by atoms with Crippen molar-refractivity contribution >= 4 is 23.5 Å². The highest BCUT2D eigenvalue weighted by Crippen LogP contribution is 2.25. The maximum Gasteiger partial charge on any atom is 0.307 e. The molecule has 0 radical (unpaired) electrons. The molecule has 0 atom stereocenters. The molecular formula is C31H38N2O8. The Kier molecular flexibility index (Phi) is 14.4. The van der Waals surface area contributed by atoms with Gasteiger partial charge in [-0.25, -0.2) is 0 Å². The van der Waals surface area contributed by atoms with Gasteiger partial charge in [0.2, 0.25) is 11.8 Å². The Labute approximate surface area is 241 Å². The van der Waals surface area contributed by atoms with E-state index in [1.165, 1.54) is 7.11 Å². The first-order valence-electron chi connectivity index (χ1n) is 13.7. The molecule has 0 saturated carbocycles. The quantitative estimate of drug-likeness (QED) is 0.166. The van der Waals surface area contributed by atoms with Crippen LogP contribution in [0.2, 0.25) is 0 Å². The summed E-state index contributed by atoms with van der Waals surface area (Å²) in [5.41, 5.74) is 3.46. The van der Waals surface area contributed by atoms with E-state index >= 15 is 0 Å². The molecule has 0 fully saturated rings. The summed E-state index contributed by atoms with van der Waals surface area (Å²) in [5.74, 6) is 5.83. The first-order chi connectivity index (χ1) is 20.1. The van der Waals surface area contributed by atoms with Crippen LogP contribution in [0.25, 0.3) is 0 Å². The Morgan fingerprint density at radius 2 is 1.29 bits per heavy atom. The molecule has 2 aromatic rings. The lowest BCUT2D eigenvalue weighted by atomic mass is 10.0. The number of para-hydroxylation sites is 1. The molecule has 10 heteroatoms. The highest BCUT2D eigenvalue weighted by molar-refractivity contribution is 5.95. The Morgan fingerprint density at radius 1 is 0.732 bits per heavy atom. The number of carbonyl (C=O) groups excluding carboxylic acids is 3. The lowest BCUT2D eigenvalue weighted by molar-refractivity contribution is -0.142. The van der Waals surface area contributed by atoms with Gasteiger partial charge in [-0.15, -0.1) is 0 Å². The number of anilines is 1. The molecule has 220 valence electrons. The second kappa shape index (κ2) is 18.6. The standard InChI is InChI=1S/C31H38N2O8/c1-37-31(36)14-17-39-19-21-41-23-22-40-20-18-38-16-13-29(34)32-15-12-30(35)33-24-27-8-3-2-6-25(27)10-11-26-7-4-5-9-28(26)33/h2-9H,12-24H2,1H3,(H,32,34). The van der Waals surface area contributed by atoms with Gasteiger partial charge in [-0.3, -0.25) is 14.4 Å². The van der Waals surface area contributed by atoms with Crippen molar-refractivity contribution in [2.45, 2.75) is 25.8 Å². The number of benzene rings is 2. The predicted octanol–water partition coefficient (Wildman–Crippen LogP) is 2.46. The van der Waals surface area contributed by atoms with Crippen LogP contribution >= 0.6 is 0 Å². The summed E-state index contributed by atoms with van der Waals surface area (Å²) in [6.07, 6.45) is 0.593. The summed E-state index contributed by atoms with van der Waals surface area (Å²) in [5, 5.41) is 2.80. The van der Waals surface area contributed by atoms with Gasteiger partial charge in [0.05, 0.1) is 78.6 Å². The minimum Gasteiger partial charge on any atom is -0.469 e. The fourth-order valence-electron chi connectivity index (χ4n) is 3.92. The number of rotatable bonds is 18. The van der Waals surface area contributed by atoms with Crippen LogP contribution < -0.4 is 10.2 Å². The molecule has 0 unspecified atom stereocenters. The number of esters is 1. The van der Waals surface area contributed by atoms with Gasteiger partial charge in [0.25, 0.3) is 0 Å². The Morgan fingerprint density at radius 3 is 1.98 bits per heavy atom. The number of carbonyl (C=O) groups is 3. The van der Waals surface area contributed by atoms with E-state index in [-0.39, 0.29) is 50.2 Å². The van der Waals surface area contributed by atoms with Gasteiger partial charge in [-0.05, 0) is 23.8 Å². The summed E-state index contributed by atoms with van der Waals surface area (Å²) in [7, 11) is 1.34. The van der Waals surface area contributed by atoms with E-state index < -0.39 is 0 Å². The van der Waals surface area contributed by atoms with Crippen LogP contribution in [0.1, 0.15) is 36.0 Å². The van der Waals surface area contributed by atoms with Crippen molar-refractivity contribution in [3.63, 3.8) is 0 Å². The number of fused-ring (bicyclic) bond motifs is 2. The normalized spacial score (nSPS) is 11.8. The number of hydrogen-bond acceptors (Lipinski definition) is 8. The zero-order valence-electron chi connectivity index (χ0n) is 23.5. The van der Waals surface area contributed by atoms with E-state index in [2.05, 4.69) is 21.9 Å². The second-order valence-corrected chi connectivity index (χ2v) is 9.03. The third-order valence-corrected chi connectivity index (χ3v) is 6.10. The lowest BCUT2D eigenvalue weighted by Crippen LogP contribution is -2.35. The SMILES string of the molecule is COC(=O)CCOCCOCCOCCOCCC(=O)NCCC(=O)N1Cc2ccccc2C#Cc2ccccc21. The number of amides is 2. The largest absolute Gasteiger partial charge is 0.469 e. The molecule has 2 amide bonds. The third kappa shape index (κ3) is 11.7. The predicted molar refractivity (Wildman–Crippen MR) is 152 cm³/mol. The Balaban J connectivity index is 1.23. The molecule has 41 heavy (non-hydrogen) atoms. The van der Waals surface area contributed by atoms with Crippen LogP contribution in [0.15, 0.2) is 48.5 Å². The fraction of sp³-hybridized carbons (Fsp3) is 0.452. The molecule has 0 aliphatic carbocycles. The van der Waals surface area contributed by atoms with Crippen LogP contribution in [0.3, 0.4) is 0 Å². The van der Waals surface area contributed by atoms with Crippen LogP contribution in [-0.2, 0) is 44.6 Å². The molecule has 0 spiro atoms. The van der Waals surface area contributed by atoms with Gasteiger partial charge in [0.1, 0.15) is 0 Å². The number of hydrogen-bond donors (Lipinski definition) is 1. The summed E-state index contributed by atoms with van der Waals surface area (Å²) in [6.45, 7) is 3.62. The molecule has 1 aliphatic rings. The maximum absolute atomic E-state index is 13.2. The Hall–Kier alpha value is -3.75. The van der Waals surface area contributed by atoms with Crippen molar-refractivity contribution in [1.29, 1.82) is 0 Å². The molecule has 0 bridgehead atoms. The first-order valence-corrected chi connectivity index (χ1v) is 13.7. The molecule has 2 aromatic carbocycles. The van der Waals surface area contributed by atoms with Gasteiger partial charge < -0.3 is 33.9 Å². The van der Waals surface area contributed by atoms with Crippen molar-refractivity contribution in [3.8, 4) is 11.8 Å². The molecule has 1 heterocycles. The van der Waals surface area contributed by atoms with Crippen molar-refractivity contribution in [1.82, 2.24) is 5.32 Å². The van der Waals surface area contributed by atoms with Gasteiger partial charge in [0, 0.05) is 30.5 Å². The zero-order chi connectivity index (χ0) is 29.1. The van der Waals surface area contributed by atoms with Gasteiger partial charge in [0.15, 0.2) is 0 Å². The third-order valence-electron chi connectivity index (χ3n) is 6.10. The number of methoxy groups -OCH3 is 1. The van der Waals surface area contributed by atoms with Crippen molar-refractivity contribution in [2.24, 2.45) is 0 Å². The topological polar surface area (TPSA) is 113 Å². The number of ether oxygens (including phenoxy) is 5. The van der Waals surface area contributed by atoms with Crippen molar-refractivity contribution in [3.05, 3.63) is 65.2 Å². The van der Waals surface area contributed by atoms with Crippen molar-refractivity contribution in [2.75, 3.05) is 71.4 Å². The van der Waals surface area contributed by atoms with Gasteiger partial charge in [-0.1, -0.05) is 42.2 Å². The van der Waals surface area contributed by atoms with Crippen LogP contribution in [0.5, 0.6) is 0 Å². The minimum atomic E-state index is -0.303. The van der Waals surface area contributed by atoms with E-state index in [0.717, 1.165) is 22.4 Å². The molecule has 0 saturated heterocycles. The van der Waals surface area contributed by atoms with Crippen LogP contribution in [0.4, 0.5) is 5.69 Å². The molecule has 1 aliphatic heterocycles. The van der Waals surface area contributed by atoms with Crippen LogP contribution in [-0.4, -0.2) is 84.3 Å². The van der Waals surface area contributed by atoms with E-state index in [4.69, 9.17) is 18.9 Å².